The Kier molecular flexibility index (Phi) is 27.5. The van der Waals surface area contributed by atoms with E-state index in [2.05, 4.69) is 76.7 Å². The van der Waals surface area contributed by atoms with E-state index in [0.717, 1.165) is 156 Å². The van der Waals surface area contributed by atoms with E-state index in [0.29, 0.717) is 47.3 Å². The zero-order valence-corrected chi connectivity index (χ0v) is 62.0. The fourth-order valence-electron chi connectivity index (χ4n) is 23.8. The highest BCUT2D eigenvalue weighted by molar-refractivity contribution is 5.19. The molecule has 8 aliphatic carbocycles. The average Bonchev–Trinajstić information content (AvgIpc) is 1.53. The molecule has 0 radical (unpaired) electrons. The Morgan fingerprint density at radius 1 is 0.188 bits per heavy atom. The maximum atomic E-state index is 7.68. The van der Waals surface area contributed by atoms with E-state index < -0.39 is 0 Å². The lowest BCUT2D eigenvalue weighted by atomic mass is 9.58. The molecule has 96 heavy (non-hydrogen) atoms. The summed E-state index contributed by atoms with van der Waals surface area (Å²) in [6.45, 7) is 25.1. The topological polar surface area (TPSA) is 170 Å². The van der Waals surface area contributed by atoms with Gasteiger partial charge in [0, 0.05) is 100 Å². The van der Waals surface area contributed by atoms with Crippen LogP contribution in [0.2, 0.25) is 0 Å². The van der Waals surface area contributed by atoms with Gasteiger partial charge in [-0.2, -0.15) is 0 Å². The first-order valence-electron chi connectivity index (χ1n) is 42.4. The van der Waals surface area contributed by atoms with Gasteiger partial charge in [-0.25, -0.2) is 0 Å². The van der Waals surface area contributed by atoms with Crippen LogP contribution in [0.4, 0.5) is 0 Å². The molecule has 5 aliphatic heterocycles. The second-order valence-electron chi connectivity index (χ2n) is 33.7. The maximum Gasteiger partial charge on any atom is 0.0667 e. The van der Waals surface area contributed by atoms with E-state index >= 15 is 0 Å². The molecule has 552 valence electrons. The Bertz CT molecular complexity index is 1830. The predicted octanol–water partition coefficient (Wildman–Crippen LogP) is 13.1. The summed E-state index contributed by atoms with van der Waals surface area (Å²) in [5, 5.41) is 37.5. The molecule has 24 atom stereocenters. The maximum absolute atomic E-state index is 7.68. The normalized spacial score (nSPS) is 46.2. The first-order chi connectivity index (χ1) is 47.4. The Hall–Kier alpha value is -0.640. The fourth-order valence-corrected chi connectivity index (χ4v) is 23.8. The Morgan fingerprint density at radius 2 is 0.302 bits per heavy atom. The highest BCUT2D eigenvalue weighted by Gasteiger charge is 2.69. The van der Waals surface area contributed by atoms with Crippen molar-refractivity contribution in [2.24, 2.45) is 94.7 Å². The van der Waals surface area contributed by atoms with Crippen LogP contribution in [-0.4, -0.2) is 151 Å². The van der Waals surface area contributed by atoms with Crippen molar-refractivity contribution in [3.05, 3.63) is 0 Å². The van der Waals surface area contributed by atoms with Crippen molar-refractivity contribution in [2.75, 3.05) is 52.9 Å². The summed E-state index contributed by atoms with van der Waals surface area (Å²) < 4.78 is 61.5. The summed E-state index contributed by atoms with van der Waals surface area (Å²) in [5.41, 5.74) is 0. The molecular weight excluding hydrogens is 1200 g/mol. The van der Waals surface area contributed by atoms with Crippen LogP contribution in [0.15, 0.2) is 0 Å². The minimum atomic E-state index is -0.0665. The standard InChI is InChI=1S/C80H144N8O8/c1-9-17-41-89-65-49-33-25-26-34-50(49)66(90-42-18-10-2)58-57(65)73-81-74(58)86-76-61-62(70(94-46-22-14-6)54-38-30-29-37-53(54)69(61)93-45-21-13-5)78(83-76)88-80-64-63(71(95-47-23-15-7)55-39-31-32-40-56(55)72(64)96-48-24-16-8)79(84-80)87-77-60-59(75(82-77)85-73)67(91-43-19-11-3)51-35-27-28-36-52(51)68(60)92-44-20-12-4/h49-88H,9-48H2,1-8H3. The van der Waals surface area contributed by atoms with Gasteiger partial charge in [0.2, 0.25) is 0 Å². The Labute approximate surface area is 584 Å². The third-order valence-corrected chi connectivity index (χ3v) is 28.1. The van der Waals surface area contributed by atoms with Crippen molar-refractivity contribution in [1.29, 1.82) is 0 Å². The minimum Gasteiger partial charge on any atom is -0.378 e. The number of rotatable bonds is 32. The van der Waals surface area contributed by atoms with Crippen LogP contribution < -0.4 is 42.5 Å². The Balaban J connectivity index is 1.00. The van der Waals surface area contributed by atoms with Gasteiger partial charge in [0.15, 0.2) is 0 Å². The van der Waals surface area contributed by atoms with Gasteiger partial charge < -0.3 is 37.9 Å². The molecule has 24 unspecified atom stereocenters. The first-order valence-corrected chi connectivity index (χ1v) is 42.4. The van der Waals surface area contributed by atoms with Gasteiger partial charge in [-0.1, -0.05) is 158 Å². The van der Waals surface area contributed by atoms with Crippen LogP contribution in [0.1, 0.15) is 261 Å². The van der Waals surface area contributed by atoms with Crippen LogP contribution in [0, 0.1) is 94.7 Å². The lowest BCUT2D eigenvalue weighted by Gasteiger charge is -2.54. The predicted molar refractivity (Wildman–Crippen MR) is 382 cm³/mol. The zero-order chi connectivity index (χ0) is 66.1. The van der Waals surface area contributed by atoms with Gasteiger partial charge in [-0.15, -0.1) is 0 Å². The van der Waals surface area contributed by atoms with E-state index in [1.54, 1.807) is 0 Å². The molecule has 16 nitrogen and oxygen atoms in total. The molecule has 0 amide bonds. The molecule has 0 aromatic heterocycles. The molecule has 8 N–H and O–H groups in total. The number of unbranched alkanes of at least 4 members (excludes halogenated alkanes) is 8. The average molecular weight is 1350 g/mol. The molecule has 8 bridgehead atoms. The molecule has 5 saturated heterocycles. The van der Waals surface area contributed by atoms with E-state index in [1.165, 1.54) is 103 Å². The van der Waals surface area contributed by atoms with Gasteiger partial charge >= 0.3 is 0 Å². The molecule has 0 spiro atoms. The Morgan fingerprint density at radius 3 is 0.406 bits per heavy atom. The van der Waals surface area contributed by atoms with Gasteiger partial charge in [0.05, 0.1) is 98.2 Å². The summed E-state index contributed by atoms with van der Waals surface area (Å²) >= 11 is 0. The molecule has 0 aromatic carbocycles. The van der Waals surface area contributed by atoms with Gasteiger partial charge in [0.1, 0.15) is 0 Å². The quantitative estimate of drug-likeness (QED) is 0.0299. The number of nitrogens with one attached hydrogen (secondary N) is 8. The third-order valence-electron chi connectivity index (χ3n) is 28.1. The van der Waals surface area contributed by atoms with Crippen molar-refractivity contribution in [3.63, 3.8) is 0 Å². The van der Waals surface area contributed by atoms with Gasteiger partial charge in [-0.05, 0) is 150 Å². The van der Waals surface area contributed by atoms with Crippen LogP contribution in [0.5, 0.6) is 0 Å². The highest BCUT2D eigenvalue weighted by Crippen LogP contribution is 2.59. The number of hydrogen-bond donors (Lipinski definition) is 8. The van der Waals surface area contributed by atoms with E-state index in [-0.39, 0.29) is 146 Å². The summed E-state index contributed by atoms with van der Waals surface area (Å²) in [7, 11) is 0. The molecule has 13 fully saturated rings. The molecule has 13 rings (SSSR count). The number of fused-ring (bicyclic) bond motifs is 24. The van der Waals surface area contributed by atoms with Crippen LogP contribution in [-0.2, 0) is 37.9 Å². The largest absolute Gasteiger partial charge is 0.378 e. The smallest absolute Gasteiger partial charge is 0.0667 e. The van der Waals surface area contributed by atoms with Crippen LogP contribution >= 0.6 is 0 Å². The van der Waals surface area contributed by atoms with Crippen molar-refractivity contribution >= 4 is 0 Å². The van der Waals surface area contributed by atoms with E-state index in [1.807, 2.05) is 0 Å². The first kappa shape index (κ1) is 73.7. The van der Waals surface area contributed by atoms with Crippen LogP contribution in [0.3, 0.4) is 0 Å². The molecule has 0 aromatic rings. The number of ether oxygens (including phenoxy) is 8. The van der Waals surface area contributed by atoms with Crippen molar-refractivity contribution in [3.8, 4) is 0 Å². The summed E-state index contributed by atoms with van der Waals surface area (Å²) in [6.07, 6.45) is 37.7. The van der Waals surface area contributed by atoms with Crippen molar-refractivity contribution in [1.82, 2.24) is 42.5 Å². The van der Waals surface area contributed by atoms with Crippen molar-refractivity contribution in [2.45, 2.75) is 359 Å². The minimum absolute atomic E-state index is 0.0665. The lowest BCUT2D eigenvalue weighted by molar-refractivity contribution is -0.182. The molecule has 16 heteroatoms. The fraction of sp³-hybridized carbons (Fsp3) is 1.00. The third kappa shape index (κ3) is 15.4. The zero-order valence-electron chi connectivity index (χ0n) is 62.0. The van der Waals surface area contributed by atoms with Crippen molar-refractivity contribution < 1.29 is 37.9 Å². The highest BCUT2D eigenvalue weighted by atomic mass is 16.5. The van der Waals surface area contributed by atoms with Crippen LogP contribution in [0.25, 0.3) is 0 Å². The van der Waals surface area contributed by atoms with E-state index in [4.69, 9.17) is 59.2 Å². The lowest BCUT2D eigenvalue weighted by Crippen LogP contribution is -2.63. The molecule has 5 heterocycles. The summed E-state index contributed by atoms with van der Waals surface area (Å²) in [4.78, 5) is 0. The van der Waals surface area contributed by atoms with E-state index in [9.17, 15) is 0 Å². The second-order valence-corrected chi connectivity index (χ2v) is 33.7. The molecular formula is C80H144N8O8. The molecule has 13 aliphatic rings. The number of hydrogen-bond acceptors (Lipinski definition) is 16. The second kappa shape index (κ2) is 35.9. The van der Waals surface area contributed by atoms with Gasteiger partial charge in [-0.3, -0.25) is 42.5 Å². The van der Waals surface area contributed by atoms with Gasteiger partial charge in [0.25, 0.3) is 0 Å². The monoisotopic (exact) mass is 1350 g/mol. The summed E-state index contributed by atoms with van der Waals surface area (Å²) in [5.74, 6) is 4.81. The summed E-state index contributed by atoms with van der Waals surface area (Å²) in [6, 6.07) is 0. The molecule has 8 saturated carbocycles. The SMILES string of the molecule is CCCCOC1C2CCCCC2C(OCCCC)C2C3NC(NC4NC(NC5NC(NC6NC(N3)C3C(OCCCC)C7CCCCC7C(OCCCC)C63)C3C(OCCCC)C6CCCCC6C(OCCCC)C53)C3C(OCCCC)C5CCCCC5C(OCCCC)C43)C12.